The monoisotopic (exact) mass is 834 g/mol. The van der Waals surface area contributed by atoms with Crippen LogP contribution in [-0.2, 0) is 36.3 Å². The van der Waals surface area contributed by atoms with Crippen LogP contribution in [-0.4, -0.2) is 0 Å². The fourth-order valence-electron chi connectivity index (χ4n) is 7.53. The molecule has 0 heterocycles. The van der Waals surface area contributed by atoms with Crippen molar-refractivity contribution >= 4 is 83.4 Å². The van der Waals surface area contributed by atoms with E-state index in [1.54, 1.807) is 0 Å². The van der Waals surface area contributed by atoms with Gasteiger partial charge in [-0.2, -0.15) is 7.12 Å². The molecule has 3 atom stereocenters. The third-order valence-corrected chi connectivity index (χ3v) is 20.3. The van der Waals surface area contributed by atoms with Gasteiger partial charge in [0.05, 0.1) is 5.30 Å². The highest BCUT2D eigenvalue weighted by molar-refractivity contribution is 8.40. The summed E-state index contributed by atoms with van der Waals surface area (Å²) in [5.41, 5.74) is 12.8. The Hall–Kier alpha value is -0.780. The van der Waals surface area contributed by atoms with Gasteiger partial charge in [0.25, 0.3) is 6.70 Å². The second kappa shape index (κ2) is 18.4. The lowest BCUT2D eigenvalue weighted by Gasteiger charge is -2.31. The fraction of sp³-hybridized carbons (Fsp3) is 0.562. The molecule has 0 N–H and O–H groups in total. The van der Waals surface area contributed by atoms with Crippen LogP contribution in [0.25, 0.3) is 0 Å². The molecule has 0 saturated carbocycles. The van der Waals surface area contributed by atoms with E-state index in [1.165, 1.54) is 81.5 Å². The first-order valence-corrected chi connectivity index (χ1v) is 27.7. The molecule has 4 aromatic carbocycles. The minimum atomic E-state index is -1.09. The minimum absolute atomic E-state index is 0.373. The van der Waals surface area contributed by atoms with E-state index in [2.05, 4.69) is 161 Å². The molecule has 294 valence electrons. The van der Waals surface area contributed by atoms with E-state index in [0.717, 1.165) is 0 Å². The van der Waals surface area contributed by atoms with Crippen LogP contribution in [0, 0.1) is 4.94 Å². The molecule has 3 unspecified atom stereocenters. The molecule has 0 aliphatic rings. The van der Waals surface area contributed by atoms with Crippen molar-refractivity contribution in [1.29, 1.82) is 0 Å². The second-order valence-corrected chi connectivity index (χ2v) is 26.2. The minimum Gasteiger partial charge on any atom is -0.749 e. The third-order valence-electron chi connectivity index (χ3n) is 11.1. The van der Waals surface area contributed by atoms with Gasteiger partial charge in [0, 0.05) is 29.0 Å². The van der Waals surface area contributed by atoms with Gasteiger partial charge >= 0.3 is 0 Å². The van der Waals surface area contributed by atoms with Gasteiger partial charge in [-0.3, -0.25) is 0 Å². The molecule has 0 saturated heterocycles. The summed E-state index contributed by atoms with van der Waals surface area (Å²) in [5, 5.41) is 6.96. The zero-order valence-electron chi connectivity index (χ0n) is 36.7. The SMILES string of the molecule is CC(C)c1cc(C(C)C)c(P([S-])c2c([P+](=S)c3c(C(C)C)cc(C(C)C)cc3C(C)C)c2=[P+]([S-])c2c(C(C)C)cc(C(C)C)cc2C(C)C)c(C(C)C)c1. The number of hydrogen-bond acceptors (Lipinski definition) is 3. The lowest BCUT2D eigenvalue weighted by Crippen LogP contribution is -2.22. The maximum absolute atomic E-state index is 6.97. The molecule has 0 amide bonds. The molecule has 4 rings (SSSR count). The van der Waals surface area contributed by atoms with Crippen molar-refractivity contribution in [3.8, 4) is 0 Å². The van der Waals surface area contributed by atoms with Crippen molar-refractivity contribution in [3.63, 3.8) is 0 Å². The summed E-state index contributed by atoms with van der Waals surface area (Å²) in [6.45, 7) is 39.8. The zero-order chi connectivity index (χ0) is 40.8. The molecule has 0 aliphatic heterocycles. The summed E-state index contributed by atoms with van der Waals surface area (Å²) in [4.78, 5) is 1.37. The quantitative estimate of drug-likeness (QED) is 0.0917. The van der Waals surface area contributed by atoms with E-state index in [4.69, 9.17) is 36.3 Å². The third kappa shape index (κ3) is 9.40. The van der Waals surface area contributed by atoms with Crippen molar-refractivity contribution in [1.82, 2.24) is 0 Å². The van der Waals surface area contributed by atoms with E-state index in [9.17, 15) is 0 Å². The normalized spacial score (nSPS) is 14.2. The van der Waals surface area contributed by atoms with Crippen molar-refractivity contribution < 1.29 is 0 Å². The lowest BCUT2D eigenvalue weighted by atomic mass is 9.89. The Morgan fingerprint density at radius 3 is 0.963 bits per heavy atom. The van der Waals surface area contributed by atoms with Gasteiger partial charge in [0.1, 0.15) is 5.30 Å². The Morgan fingerprint density at radius 2 is 0.685 bits per heavy atom. The molecule has 0 fully saturated rings. The van der Waals surface area contributed by atoms with Crippen LogP contribution in [0.2, 0.25) is 0 Å². The average Bonchev–Trinajstić information content (AvgIpc) is 3.84. The van der Waals surface area contributed by atoms with E-state index in [1.807, 2.05) is 0 Å². The van der Waals surface area contributed by atoms with Crippen molar-refractivity contribution in [2.75, 3.05) is 0 Å². The topological polar surface area (TPSA) is 0 Å². The zero-order valence-corrected chi connectivity index (χ0v) is 41.9. The molecule has 6 heteroatoms. The van der Waals surface area contributed by atoms with E-state index in [-0.39, 0.29) is 0 Å². The molecule has 0 bridgehead atoms. The molecule has 54 heavy (non-hydrogen) atoms. The predicted molar refractivity (Wildman–Crippen MR) is 259 cm³/mol. The summed E-state index contributed by atoms with van der Waals surface area (Å²) >= 11 is 20.9. The Labute approximate surface area is 350 Å². The molecule has 0 radical (unpaired) electrons. The highest BCUT2D eigenvalue weighted by atomic mass is 32.7. The Balaban J connectivity index is 2.23. The van der Waals surface area contributed by atoms with Crippen LogP contribution in [0.3, 0.4) is 0 Å². The van der Waals surface area contributed by atoms with Crippen LogP contribution < -0.4 is 26.5 Å². The molecule has 0 aromatic heterocycles. The van der Waals surface area contributed by atoms with Crippen LogP contribution in [0.1, 0.15) is 228 Å². The summed E-state index contributed by atoms with van der Waals surface area (Å²) in [6.07, 6.45) is 0. The fourth-order valence-corrected chi connectivity index (χ4v) is 20.0. The average molecular weight is 835 g/mol. The molecule has 0 spiro atoms. The summed E-state index contributed by atoms with van der Waals surface area (Å²) in [5.74, 6) is 3.61. The summed E-state index contributed by atoms with van der Waals surface area (Å²) in [7, 11) is -1.09. The Morgan fingerprint density at radius 1 is 0.407 bits per heavy atom. The highest BCUT2D eigenvalue weighted by Crippen LogP contribution is 2.48. The smallest absolute Gasteiger partial charge is 0.256 e. The molecular formula is C48H69P3S3. The lowest BCUT2D eigenvalue weighted by molar-refractivity contribution is 0.813. The first-order chi connectivity index (χ1) is 25.0. The largest absolute Gasteiger partial charge is 0.749 e. The van der Waals surface area contributed by atoms with Gasteiger partial charge in [-0.15, -0.1) is 0 Å². The highest BCUT2D eigenvalue weighted by Gasteiger charge is 2.44. The van der Waals surface area contributed by atoms with Gasteiger partial charge in [-0.1, -0.05) is 161 Å². The van der Waals surface area contributed by atoms with Gasteiger partial charge < -0.3 is 24.5 Å². The van der Waals surface area contributed by atoms with Crippen molar-refractivity contribution in [2.45, 2.75) is 178 Å². The number of benzene rings is 3. The first-order valence-electron chi connectivity index (χ1n) is 20.6. The Kier molecular flexibility index (Phi) is 15.7. The van der Waals surface area contributed by atoms with Crippen LogP contribution >= 0.6 is 20.6 Å². The van der Waals surface area contributed by atoms with Crippen LogP contribution in [0.5, 0.6) is 0 Å². The van der Waals surface area contributed by atoms with Crippen molar-refractivity contribution in [2.24, 2.45) is 0 Å². The maximum Gasteiger partial charge on any atom is 0.256 e. The number of hydrogen-bond donors (Lipinski definition) is 0. The standard InChI is InChI=1S/C48H69P3S3/c1-25(2)34-19-37(28(7)8)43(38(20-34)29(9)10)49(52)46-47(50(53)44-39(30(11)12)21-35(26(3)4)22-40(44)31(13)14)48(46)51(54)45-41(32(15)16)23-36(27(5)6)24-42(45)33(17)18/h19-33H,1-18H3. The van der Waals surface area contributed by atoms with Crippen LogP contribution in [0.4, 0.5) is 0 Å². The predicted octanol–water partition coefficient (Wildman–Crippen LogP) is 14.3. The van der Waals surface area contributed by atoms with E-state index in [0.29, 0.717) is 53.3 Å². The van der Waals surface area contributed by atoms with Gasteiger partial charge in [-0.05, 0) is 86.4 Å². The molecular weight excluding hydrogens is 766 g/mol. The van der Waals surface area contributed by atoms with Gasteiger partial charge in [-0.25, -0.2) is 0 Å². The van der Waals surface area contributed by atoms with Gasteiger partial charge in [0.2, 0.25) is 5.30 Å². The maximum atomic E-state index is 6.97. The van der Waals surface area contributed by atoms with E-state index >= 15 is 0 Å². The number of rotatable bonds is 14. The summed E-state index contributed by atoms with van der Waals surface area (Å²) < 4.78 is 0. The van der Waals surface area contributed by atoms with Crippen molar-refractivity contribution in [3.05, 3.63) is 91.4 Å². The Bertz CT molecular complexity index is 1930. The molecule has 4 aromatic rings. The van der Waals surface area contributed by atoms with E-state index < -0.39 is 20.6 Å². The molecule has 0 nitrogen and oxygen atoms in total. The first kappa shape index (κ1) is 45.9. The van der Waals surface area contributed by atoms with Crippen LogP contribution in [0.15, 0.2) is 36.4 Å². The molecule has 0 aliphatic carbocycles. The second-order valence-electron chi connectivity index (χ2n) is 18.5. The van der Waals surface area contributed by atoms with Gasteiger partial charge in [0.15, 0.2) is 22.1 Å². The summed E-state index contributed by atoms with van der Waals surface area (Å²) in [6, 6.07) is 14.9.